The largest absolute Gasteiger partial charge is 0.477 e. The number of nitrogens with two attached hydrogens (primary N) is 1. The van der Waals surface area contributed by atoms with E-state index in [1.807, 2.05) is 10.1 Å². The number of carboxylic acid groups (broad SMARTS) is 1. The summed E-state index contributed by atoms with van der Waals surface area (Å²) in [4.78, 5) is 48.2. The number of aromatic nitrogens is 1. The molecule has 164 valence electrons. The number of β-lactam (4-membered cyclic amide) rings is 1. The third-order valence-corrected chi connectivity index (χ3v) is 7.59. The molecule has 1 fully saturated rings. The molecule has 1 aromatic heterocycles. The summed E-state index contributed by atoms with van der Waals surface area (Å²) < 4.78 is 2.03. The predicted molar refractivity (Wildman–Crippen MR) is 118 cm³/mol. The molecule has 1 saturated heterocycles. The van der Waals surface area contributed by atoms with Crippen molar-refractivity contribution < 1.29 is 28.9 Å². The van der Waals surface area contributed by atoms with Crippen LogP contribution in [0.3, 0.4) is 0 Å². The summed E-state index contributed by atoms with van der Waals surface area (Å²) in [6.07, 6.45) is 0. The van der Waals surface area contributed by atoms with Gasteiger partial charge in [-0.05, 0) is 0 Å². The lowest BCUT2D eigenvalue weighted by atomic mass is 9.94. The number of anilines is 1. The number of thioether (sulfide) groups is 2. The fraction of sp³-hybridized carbons (Fsp3) is 0.412. The zero-order valence-electron chi connectivity index (χ0n) is 16.3. The van der Waals surface area contributed by atoms with Crippen LogP contribution in [-0.4, -0.2) is 92.4 Å². The quantitative estimate of drug-likeness (QED) is 0.204. The molecular formula is C17H19N6O5S3+. The molecule has 4 rings (SSSR count). The van der Waals surface area contributed by atoms with E-state index in [9.17, 15) is 19.5 Å². The number of nitrogens with one attached hydrogen (secondary N) is 1. The maximum atomic E-state index is 12.8. The molecule has 4 N–H and O–H groups in total. The monoisotopic (exact) mass is 483 g/mol. The van der Waals surface area contributed by atoms with Crippen LogP contribution in [0.4, 0.5) is 5.13 Å². The number of amides is 2. The van der Waals surface area contributed by atoms with Gasteiger partial charge in [0.15, 0.2) is 29.5 Å². The standard InChI is InChI=1S/C17H18N6O5S3/c1-28-21-11(8-5-31-17(18)19-8)14(24)20-12-9-6-30-10(4-22-2-3-29-7-22)13(16(26)27)23(9)15(12)25/h5,7,9,12H,2-4,6H2,1H3,(H3-,18,19,20,24,26,27)/p+1/b21-11-. The first-order chi connectivity index (χ1) is 14.9. The molecule has 2 amide bonds. The van der Waals surface area contributed by atoms with E-state index in [4.69, 9.17) is 10.6 Å². The van der Waals surface area contributed by atoms with Gasteiger partial charge >= 0.3 is 5.97 Å². The third-order valence-electron chi connectivity index (χ3n) is 4.87. The maximum absolute atomic E-state index is 12.8. The number of carbonyl (C=O) groups excluding carboxylic acids is 2. The van der Waals surface area contributed by atoms with Crippen molar-refractivity contribution in [3.8, 4) is 0 Å². The summed E-state index contributed by atoms with van der Waals surface area (Å²) >= 11 is 4.21. The van der Waals surface area contributed by atoms with Gasteiger partial charge in [0.2, 0.25) is 0 Å². The molecule has 3 aliphatic rings. The molecule has 0 saturated carbocycles. The molecule has 11 nitrogen and oxygen atoms in total. The predicted octanol–water partition coefficient (Wildman–Crippen LogP) is -0.398. The van der Waals surface area contributed by atoms with Gasteiger partial charge in [0.25, 0.3) is 11.8 Å². The molecule has 31 heavy (non-hydrogen) atoms. The molecule has 0 aromatic carbocycles. The topological polar surface area (TPSA) is 150 Å². The minimum absolute atomic E-state index is 0.0138. The van der Waals surface area contributed by atoms with Gasteiger partial charge in [-0.2, -0.15) is 0 Å². The Morgan fingerprint density at radius 2 is 2.32 bits per heavy atom. The number of oxime groups is 1. The van der Waals surface area contributed by atoms with Gasteiger partial charge in [0.05, 0.1) is 16.7 Å². The highest BCUT2D eigenvalue weighted by Crippen LogP contribution is 2.39. The van der Waals surface area contributed by atoms with Gasteiger partial charge in [0.1, 0.15) is 24.5 Å². The van der Waals surface area contributed by atoms with E-state index in [1.54, 1.807) is 17.1 Å². The zero-order valence-corrected chi connectivity index (χ0v) is 18.8. The second-order valence-electron chi connectivity index (χ2n) is 6.75. The van der Waals surface area contributed by atoms with Crippen molar-refractivity contribution in [1.29, 1.82) is 0 Å². The number of carboxylic acids is 1. The first-order valence-corrected chi connectivity index (χ1v) is 12.1. The number of rotatable bonds is 7. The Hall–Kier alpha value is -2.58. The van der Waals surface area contributed by atoms with E-state index in [-0.39, 0.29) is 22.2 Å². The van der Waals surface area contributed by atoms with E-state index >= 15 is 0 Å². The molecule has 1 aromatic rings. The van der Waals surface area contributed by atoms with Crippen LogP contribution in [0.15, 0.2) is 21.1 Å². The van der Waals surface area contributed by atoms with Crippen LogP contribution >= 0.6 is 34.9 Å². The molecule has 0 aliphatic carbocycles. The van der Waals surface area contributed by atoms with Crippen LogP contribution in [0.1, 0.15) is 5.69 Å². The Bertz CT molecular complexity index is 1040. The van der Waals surface area contributed by atoms with Gasteiger partial charge in [-0.3, -0.25) is 14.5 Å². The lowest BCUT2D eigenvalue weighted by Crippen LogP contribution is -2.73. The van der Waals surface area contributed by atoms with E-state index in [0.717, 1.165) is 23.6 Å². The van der Waals surface area contributed by atoms with Crippen molar-refractivity contribution in [2.24, 2.45) is 5.16 Å². The van der Waals surface area contributed by atoms with Crippen LogP contribution in [0.2, 0.25) is 0 Å². The second-order valence-corrected chi connectivity index (χ2v) is 9.71. The summed E-state index contributed by atoms with van der Waals surface area (Å²) in [7, 11) is 1.29. The summed E-state index contributed by atoms with van der Waals surface area (Å²) in [5.41, 5.74) is 7.71. The van der Waals surface area contributed by atoms with Crippen molar-refractivity contribution in [3.05, 3.63) is 21.7 Å². The SMILES string of the molecule is CO/N=C(\C(=O)NC1C(=O)N2C(C(=O)O)=C(C[N+]3=CSCC3)SCC12)c1csc(N)n1. The van der Waals surface area contributed by atoms with Crippen molar-refractivity contribution in [3.63, 3.8) is 0 Å². The van der Waals surface area contributed by atoms with Crippen molar-refractivity contribution in [2.45, 2.75) is 12.1 Å². The van der Waals surface area contributed by atoms with Crippen molar-refractivity contribution in [2.75, 3.05) is 37.4 Å². The third kappa shape index (κ3) is 4.14. The fourth-order valence-corrected chi connectivity index (χ4v) is 6.14. The number of nitrogen functional groups attached to an aromatic ring is 1. The molecule has 0 spiro atoms. The Morgan fingerprint density at radius 1 is 1.52 bits per heavy atom. The summed E-state index contributed by atoms with van der Waals surface area (Å²) in [5.74, 6) is -0.843. The second kappa shape index (κ2) is 8.88. The molecular weight excluding hydrogens is 464 g/mol. The number of fused-ring (bicyclic) bond motifs is 1. The van der Waals surface area contributed by atoms with Gasteiger partial charge in [0, 0.05) is 11.1 Å². The number of hydrogen-bond donors (Lipinski definition) is 3. The van der Waals surface area contributed by atoms with E-state index < -0.39 is 29.9 Å². The number of carbonyl (C=O) groups is 3. The summed E-state index contributed by atoms with van der Waals surface area (Å²) in [5, 5.41) is 17.9. The minimum atomic E-state index is -1.16. The Morgan fingerprint density at radius 3 is 2.94 bits per heavy atom. The molecule has 0 bridgehead atoms. The minimum Gasteiger partial charge on any atom is -0.477 e. The van der Waals surface area contributed by atoms with Crippen LogP contribution < -0.4 is 11.1 Å². The Balaban J connectivity index is 1.51. The van der Waals surface area contributed by atoms with E-state index in [1.165, 1.54) is 23.8 Å². The highest BCUT2D eigenvalue weighted by Gasteiger charge is 2.54. The van der Waals surface area contributed by atoms with Crippen LogP contribution in [0.25, 0.3) is 0 Å². The van der Waals surface area contributed by atoms with E-state index in [0.29, 0.717) is 17.2 Å². The molecule has 4 heterocycles. The van der Waals surface area contributed by atoms with Gasteiger partial charge < -0.3 is 21.0 Å². The van der Waals surface area contributed by atoms with Gasteiger partial charge in [-0.25, -0.2) is 14.4 Å². The zero-order chi connectivity index (χ0) is 22.1. The first-order valence-electron chi connectivity index (χ1n) is 9.15. The number of nitrogens with zero attached hydrogens (tertiary/aromatic N) is 4. The van der Waals surface area contributed by atoms with Crippen LogP contribution in [0.5, 0.6) is 0 Å². The molecule has 3 aliphatic heterocycles. The van der Waals surface area contributed by atoms with Gasteiger partial charge in [-0.15, -0.1) is 23.1 Å². The first kappa shape index (κ1) is 21.6. The molecule has 2 unspecified atom stereocenters. The van der Waals surface area contributed by atoms with Gasteiger partial charge in [-0.1, -0.05) is 16.9 Å². The average Bonchev–Trinajstić information content (AvgIpc) is 3.41. The smallest absolute Gasteiger partial charge is 0.353 e. The van der Waals surface area contributed by atoms with Crippen LogP contribution in [-0.2, 0) is 19.2 Å². The molecule has 14 heteroatoms. The lowest BCUT2D eigenvalue weighted by Gasteiger charge is -2.49. The van der Waals surface area contributed by atoms with Crippen molar-refractivity contribution >= 4 is 69.0 Å². The highest BCUT2D eigenvalue weighted by molar-refractivity contribution is 8.12. The maximum Gasteiger partial charge on any atom is 0.353 e. The van der Waals surface area contributed by atoms with E-state index in [2.05, 4.69) is 15.5 Å². The Kier molecular flexibility index (Phi) is 6.20. The number of aliphatic carboxylic acids is 1. The number of hydrogen-bond acceptors (Lipinski definition) is 10. The average molecular weight is 484 g/mol. The van der Waals surface area contributed by atoms with Crippen LogP contribution in [0, 0.1) is 0 Å². The van der Waals surface area contributed by atoms with Crippen molar-refractivity contribution in [1.82, 2.24) is 15.2 Å². The fourth-order valence-electron chi connectivity index (χ4n) is 3.46. The highest BCUT2D eigenvalue weighted by atomic mass is 32.2. The molecule has 2 atom stereocenters. The molecule has 0 radical (unpaired) electrons. The Labute approximate surface area is 189 Å². The normalized spacial score (nSPS) is 23.3. The number of thiazole rings is 1. The summed E-state index contributed by atoms with van der Waals surface area (Å²) in [6, 6.07) is -1.32. The lowest BCUT2D eigenvalue weighted by molar-refractivity contribution is -0.504. The summed E-state index contributed by atoms with van der Waals surface area (Å²) in [6.45, 7) is 1.28.